The zero-order valence-electron chi connectivity index (χ0n) is 14.9. The number of hydrogen-bond acceptors (Lipinski definition) is 4. The van der Waals surface area contributed by atoms with Gasteiger partial charge in [-0.1, -0.05) is 67.6 Å². The largest absolute Gasteiger partial charge is 0.466 e. The monoisotopic (exact) mass is 352 g/mol. The van der Waals surface area contributed by atoms with Gasteiger partial charge in [0.15, 0.2) is 6.10 Å². The number of furan rings is 1. The van der Waals surface area contributed by atoms with Gasteiger partial charge in [-0.05, 0) is 29.7 Å². The number of hydrogen-bond donors (Lipinski definition) is 0. The summed E-state index contributed by atoms with van der Waals surface area (Å²) in [5, 5.41) is 0. The van der Waals surface area contributed by atoms with Crippen molar-refractivity contribution in [2.24, 2.45) is 0 Å². The summed E-state index contributed by atoms with van der Waals surface area (Å²) in [6.45, 7) is 2.94. The van der Waals surface area contributed by atoms with Crippen LogP contribution in [0.2, 0.25) is 0 Å². The Morgan fingerprint density at radius 1 is 0.808 bits per heavy atom. The highest BCUT2D eigenvalue weighted by Gasteiger charge is 2.27. The fraction of sp³-hybridized carbons (Fsp3) is 0.273. The van der Waals surface area contributed by atoms with E-state index in [1.165, 1.54) is 0 Å². The standard InChI is InChI=1S/C22H24O4/c1-2-20(24-16-18-10-5-3-6-11-18)22(21-14-9-15-23-21)26-25-17-19-12-7-4-8-13-19/h3-15,20,22H,2,16-17H2,1H3. The Hall–Kier alpha value is -2.40. The highest BCUT2D eigenvalue weighted by molar-refractivity contribution is 5.14. The van der Waals surface area contributed by atoms with E-state index in [1.807, 2.05) is 72.8 Å². The van der Waals surface area contributed by atoms with Crippen molar-refractivity contribution < 1.29 is 18.9 Å². The Bertz CT molecular complexity index is 725. The van der Waals surface area contributed by atoms with Gasteiger partial charge in [0, 0.05) is 0 Å². The minimum absolute atomic E-state index is 0.183. The van der Waals surface area contributed by atoms with Crippen molar-refractivity contribution in [2.75, 3.05) is 0 Å². The SMILES string of the molecule is CCC(OCc1ccccc1)C(OOCc1ccccc1)c1ccco1. The molecule has 0 aliphatic heterocycles. The van der Waals surface area contributed by atoms with Crippen molar-refractivity contribution in [3.63, 3.8) is 0 Å². The molecule has 0 saturated carbocycles. The van der Waals surface area contributed by atoms with Crippen LogP contribution < -0.4 is 0 Å². The molecule has 0 radical (unpaired) electrons. The summed E-state index contributed by atoms with van der Waals surface area (Å²) in [4.78, 5) is 11.2. The van der Waals surface area contributed by atoms with Crippen molar-refractivity contribution in [1.82, 2.24) is 0 Å². The molecule has 2 aromatic carbocycles. The fourth-order valence-corrected chi connectivity index (χ4v) is 2.69. The highest BCUT2D eigenvalue weighted by Crippen LogP contribution is 2.27. The molecule has 0 bridgehead atoms. The molecule has 26 heavy (non-hydrogen) atoms. The van der Waals surface area contributed by atoms with Crippen LogP contribution in [-0.2, 0) is 27.7 Å². The molecule has 0 N–H and O–H groups in total. The number of ether oxygens (including phenoxy) is 1. The van der Waals surface area contributed by atoms with E-state index < -0.39 is 6.10 Å². The Morgan fingerprint density at radius 2 is 1.46 bits per heavy atom. The molecule has 0 aliphatic carbocycles. The third-order valence-corrected chi connectivity index (χ3v) is 4.11. The summed E-state index contributed by atoms with van der Waals surface area (Å²) >= 11 is 0. The lowest BCUT2D eigenvalue weighted by Gasteiger charge is -2.24. The van der Waals surface area contributed by atoms with Crippen LogP contribution in [0.25, 0.3) is 0 Å². The Morgan fingerprint density at radius 3 is 2.04 bits per heavy atom. The molecule has 0 spiro atoms. The van der Waals surface area contributed by atoms with Crippen LogP contribution in [0.15, 0.2) is 83.5 Å². The van der Waals surface area contributed by atoms with E-state index in [-0.39, 0.29) is 6.10 Å². The van der Waals surface area contributed by atoms with Crippen LogP contribution in [0.3, 0.4) is 0 Å². The van der Waals surface area contributed by atoms with Gasteiger partial charge in [-0.25, -0.2) is 9.78 Å². The number of benzene rings is 2. The minimum atomic E-state index is -0.428. The first-order chi connectivity index (χ1) is 12.9. The third-order valence-electron chi connectivity index (χ3n) is 4.11. The molecule has 2 atom stereocenters. The van der Waals surface area contributed by atoms with Crippen LogP contribution in [0.5, 0.6) is 0 Å². The first kappa shape index (κ1) is 18.4. The second-order valence-corrected chi connectivity index (χ2v) is 6.02. The second kappa shape index (κ2) is 9.92. The summed E-state index contributed by atoms with van der Waals surface area (Å²) in [5.41, 5.74) is 2.17. The van der Waals surface area contributed by atoms with E-state index in [9.17, 15) is 0 Å². The molecule has 2 unspecified atom stereocenters. The topological polar surface area (TPSA) is 40.8 Å². The van der Waals surface area contributed by atoms with Crippen molar-refractivity contribution in [2.45, 2.75) is 38.8 Å². The summed E-state index contributed by atoms with van der Waals surface area (Å²) in [7, 11) is 0. The van der Waals surface area contributed by atoms with Crippen LogP contribution in [0, 0.1) is 0 Å². The molecule has 1 heterocycles. The van der Waals surface area contributed by atoms with Crippen molar-refractivity contribution in [1.29, 1.82) is 0 Å². The predicted octanol–water partition coefficient (Wildman–Crippen LogP) is 5.46. The Kier molecular flexibility index (Phi) is 7.02. The van der Waals surface area contributed by atoms with Gasteiger partial charge in [-0.15, -0.1) is 0 Å². The van der Waals surface area contributed by atoms with Gasteiger partial charge in [-0.2, -0.15) is 0 Å². The average molecular weight is 352 g/mol. The maximum Gasteiger partial charge on any atom is 0.176 e. The van der Waals surface area contributed by atoms with Gasteiger partial charge in [0.05, 0.1) is 19.0 Å². The van der Waals surface area contributed by atoms with Gasteiger partial charge < -0.3 is 9.15 Å². The molecular weight excluding hydrogens is 328 g/mol. The molecule has 4 nitrogen and oxygen atoms in total. The normalized spacial score (nSPS) is 13.4. The summed E-state index contributed by atoms with van der Waals surface area (Å²) < 4.78 is 11.6. The highest BCUT2D eigenvalue weighted by atomic mass is 17.2. The zero-order chi connectivity index (χ0) is 18.0. The number of rotatable bonds is 10. The average Bonchev–Trinajstić information content (AvgIpc) is 3.23. The van der Waals surface area contributed by atoms with Crippen LogP contribution in [-0.4, -0.2) is 6.10 Å². The molecule has 3 aromatic rings. The second-order valence-electron chi connectivity index (χ2n) is 6.02. The van der Waals surface area contributed by atoms with Gasteiger partial charge >= 0.3 is 0 Å². The van der Waals surface area contributed by atoms with Crippen molar-refractivity contribution in [3.8, 4) is 0 Å². The Balaban J connectivity index is 1.62. The molecule has 0 saturated heterocycles. The zero-order valence-corrected chi connectivity index (χ0v) is 14.9. The maximum absolute atomic E-state index is 6.10. The molecular formula is C22H24O4. The maximum atomic E-state index is 6.10. The molecule has 4 heteroatoms. The Labute approximate surface area is 154 Å². The molecule has 136 valence electrons. The van der Waals surface area contributed by atoms with Crippen molar-refractivity contribution >= 4 is 0 Å². The van der Waals surface area contributed by atoms with Crippen LogP contribution in [0.1, 0.15) is 36.3 Å². The van der Waals surface area contributed by atoms with Gasteiger partial charge in [-0.3, -0.25) is 0 Å². The van der Waals surface area contributed by atoms with E-state index in [0.717, 1.165) is 17.5 Å². The molecule has 0 aliphatic rings. The van der Waals surface area contributed by atoms with Gasteiger partial charge in [0.2, 0.25) is 0 Å². The predicted molar refractivity (Wildman–Crippen MR) is 99.1 cm³/mol. The first-order valence-electron chi connectivity index (χ1n) is 8.88. The van der Waals surface area contributed by atoms with E-state index in [1.54, 1.807) is 6.26 Å². The van der Waals surface area contributed by atoms with E-state index in [2.05, 4.69) is 6.92 Å². The van der Waals surface area contributed by atoms with Crippen LogP contribution >= 0.6 is 0 Å². The molecule has 0 amide bonds. The fourth-order valence-electron chi connectivity index (χ4n) is 2.69. The lowest BCUT2D eigenvalue weighted by atomic mass is 10.1. The molecule has 0 fully saturated rings. The minimum Gasteiger partial charge on any atom is -0.466 e. The van der Waals surface area contributed by atoms with Crippen LogP contribution in [0.4, 0.5) is 0 Å². The van der Waals surface area contributed by atoms with Gasteiger partial charge in [0.25, 0.3) is 0 Å². The first-order valence-corrected chi connectivity index (χ1v) is 8.88. The summed E-state index contributed by atoms with van der Waals surface area (Å²) in [6.07, 6.45) is 1.79. The lowest BCUT2D eigenvalue weighted by molar-refractivity contribution is -0.355. The van der Waals surface area contributed by atoms with Crippen molar-refractivity contribution in [3.05, 3.63) is 95.9 Å². The van der Waals surface area contributed by atoms with Gasteiger partial charge in [0.1, 0.15) is 12.4 Å². The van der Waals surface area contributed by atoms with E-state index >= 15 is 0 Å². The summed E-state index contributed by atoms with van der Waals surface area (Å²) in [6, 6.07) is 23.7. The van der Waals surface area contributed by atoms with E-state index in [0.29, 0.717) is 19.0 Å². The summed E-state index contributed by atoms with van der Waals surface area (Å²) in [5.74, 6) is 0.693. The quantitative estimate of drug-likeness (QED) is 0.359. The smallest absolute Gasteiger partial charge is 0.176 e. The molecule has 1 aromatic heterocycles. The molecule has 3 rings (SSSR count). The van der Waals surface area contributed by atoms with E-state index in [4.69, 9.17) is 18.9 Å². The lowest BCUT2D eigenvalue weighted by Crippen LogP contribution is -2.24. The third kappa shape index (κ3) is 5.30.